The Bertz CT molecular complexity index is 944. The highest BCUT2D eigenvalue weighted by Crippen LogP contribution is 2.20. The fraction of sp³-hybridized carbons (Fsp3) is 0.333. The summed E-state index contributed by atoms with van der Waals surface area (Å²) in [5, 5.41) is 11.3. The van der Waals surface area contributed by atoms with Crippen LogP contribution in [-0.4, -0.2) is 48.5 Å². The van der Waals surface area contributed by atoms with Crippen molar-refractivity contribution in [3.8, 4) is 5.69 Å². The van der Waals surface area contributed by atoms with Crippen LogP contribution in [0.4, 0.5) is 5.69 Å². The number of nitrogens with one attached hydrogen (secondary N) is 2. The molecule has 0 radical (unpaired) electrons. The van der Waals surface area contributed by atoms with Crippen molar-refractivity contribution < 1.29 is 0 Å². The van der Waals surface area contributed by atoms with Crippen LogP contribution in [0, 0.1) is 6.92 Å². The number of benzene rings is 2. The smallest absolute Gasteiger partial charge is 0.191 e. The molecule has 3 aromatic rings. The highest BCUT2D eigenvalue weighted by molar-refractivity contribution is 5.80. The Kier molecular flexibility index (Phi) is 6.32. The normalized spacial score (nSPS) is 16.7. The highest BCUT2D eigenvalue weighted by atomic mass is 15.3. The van der Waals surface area contributed by atoms with Crippen molar-refractivity contribution in [3.05, 3.63) is 78.1 Å². The van der Waals surface area contributed by atoms with Crippen molar-refractivity contribution in [3.63, 3.8) is 0 Å². The maximum Gasteiger partial charge on any atom is 0.191 e. The van der Waals surface area contributed by atoms with E-state index in [1.165, 1.54) is 16.8 Å². The van der Waals surface area contributed by atoms with Gasteiger partial charge < -0.3 is 15.5 Å². The van der Waals surface area contributed by atoms with Gasteiger partial charge in [0.2, 0.25) is 0 Å². The number of hydrogen-bond acceptors (Lipinski definition) is 3. The van der Waals surface area contributed by atoms with Gasteiger partial charge in [0.15, 0.2) is 5.96 Å². The zero-order valence-corrected chi connectivity index (χ0v) is 17.8. The number of aryl methyl sites for hydroxylation is 1. The molecule has 2 N–H and O–H groups in total. The Morgan fingerprint density at radius 3 is 2.57 bits per heavy atom. The molecule has 6 nitrogen and oxygen atoms in total. The van der Waals surface area contributed by atoms with E-state index in [2.05, 4.69) is 81.1 Å². The van der Waals surface area contributed by atoms with Crippen molar-refractivity contribution in [2.75, 3.05) is 31.6 Å². The minimum atomic E-state index is 0.408. The Morgan fingerprint density at radius 2 is 1.87 bits per heavy atom. The molecule has 2 heterocycles. The zero-order chi connectivity index (χ0) is 20.8. The Morgan fingerprint density at radius 1 is 1.10 bits per heavy atom. The number of anilines is 1. The molecular formula is C24H30N6. The van der Waals surface area contributed by atoms with E-state index in [4.69, 9.17) is 0 Å². The molecule has 1 aromatic heterocycles. The minimum Gasteiger partial charge on any atom is -0.369 e. The van der Waals surface area contributed by atoms with Gasteiger partial charge in [0.25, 0.3) is 0 Å². The molecule has 1 fully saturated rings. The van der Waals surface area contributed by atoms with Gasteiger partial charge in [-0.2, -0.15) is 5.10 Å². The number of rotatable bonds is 6. The largest absolute Gasteiger partial charge is 0.369 e. The molecule has 0 saturated carbocycles. The SMILES string of the molecule is CN=C(NCCc1ccc(-n2cccn2)cc1)NC1CCN(c2ccc(C)cc2)C1. The maximum absolute atomic E-state index is 4.40. The molecule has 1 aliphatic rings. The summed E-state index contributed by atoms with van der Waals surface area (Å²) in [6.45, 7) is 5.04. The first-order valence-electron chi connectivity index (χ1n) is 10.6. The van der Waals surface area contributed by atoms with Gasteiger partial charge in [-0.05, 0) is 55.7 Å². The third-order valence-electron chi connectivity index (χ3n) is 5.56. The minimum absolute atomic E-state index is 0.408. The maximum atomic E-state index is 4.40. The van der Waals surface area contributed by atoms with E-state index in [1.54, 1.807) is 6.20 Å². The fourth-order valence-corrected chi connectivity index (χ4v) is 3.82. The summed E-state index contributed by atoms with van der Waals surface area (Å²) in [5.74, 6) is 0.874. The van der Waals surface area contributed by atoms with Gasteiger partial charge in [-0.25, -0.2) is 4.68 Å². The van der Waals surface area contributed by atoms with Crippen LogP contribution in [0.2, 0.25) is 0 Å². The van der Waals surface area contributed by atoms with Gasteiger partial charge >= 0.3 is 0 Å². The third-order valence-corrected chi connectivity index (χ3v) is 5.56. The molecule has 1 aliphatic heterocycles. The predicted octanol–water partition coefficient (Wildman–Crippen LogP) is 3.17. The number of nitrogens with zero attached hydrogens (tertiary/aromatic N) is 4. The molecule has 0 spiro atoms. The number of aliphatic imine (C=N–C) groups is 1. The molecule has 30 heavy (non-hydrogen) atoms. The van der Waals surface area contributed by atoms with Crippen LogP contribution in [0.3, 0.4) is 0 Å². The first kappa shape index (κ1) is 20.0. The Labute approximate surface area is 178 Å². The average Bonchev–Trinajstić information content (AvgIpc) is 3.47. The van der Waals surface area contributed by atoms with Gasteiger partial charge in [0.1, 0.15) is 0 Å². The third kappa shape index (κ3) is 5.00. The van der Waals surface area contributed by atoms with Crippen LogP contribution in [0.25, 0.3) is 5.69 Å². The summed E-state index contributed by atoms with van der Waals surface area (Å²) in [6.07, 6.45) is 5.81. The topological polar surface area (TPSA) is 57.5 Å². The van der Waals surface area contributed by atoms with Crippen LogP contribution in [0.1, 0.15) is 17.5 Å². The lowest BCUT2D eigenvalue weighted by Gasteiger charge is -2.20. The van der Waals surface area contributed by atoms with Gasteiger partial charge in [0, 0.05) is 50.8 Å². The van der Waals surface area contributed by atoms with Crippen molar-refractivity contribution in [2.45, 2.75) is 25.8 Å². The van der Waals surface area contributed by atoms with Gasteiger partial charge in [-0.15, -0.1) is 0 Å². The lowest BCUT2D eigenvalue weighted by atomic mass is 10.1. The van der Waals surface area contributed by atoms with Gasteiger partial charge in [-0.3, -0.25) is 4.99 Å². The van der Waals surface area contributed by atoms with E-state index in [9.17, 15) is 0 Å². The quantitative estimate of drug-likeness (QED) is 0.491. The van der Waals surface area contributed by atoms with Crippen LogP contribution < -0.4 is 15.5 Å². The Hall–Kier alpha value is -3.28. The van der Waals surface area contributed by atoms with Crippen molar-refractivity contribution >= 4 is 11.6 Å². The predicted molar refractivity (Wildman–Crippen MR) is 124 cm³/mol. The summed E-state index contributed by atoms with van der Waals surface area (Å²) < 4.78 is 1.87. The molecule has 1 saturated heterocycles. The average molecular weight is 403 g/mol. The van der Waals surface area contributed by atoms with E-state index in [0.717, 1.165) is 44.1 Å². The number of hydrogen-bond donors (Lipinski definition) is 2. The zero-order valence-electron chi connectivity index (χ0n) is 17.8. The summed E-state index contributed by atoms with van der Waals surface area (Å²) in [6, 6.07) is 19.6. The van der Waals surface area contributed by atoms with E-state index >= 15 is 0 Å². The second kappa shape index (κ2) is 9.48. The van der Waals surface area contributed by atoms with E-state index in [0.29, 0.717) is 6.04 Å². The molecule has 6 heteroatoms. The molecule has 0 aliphatic carbocycles. The van der Waals surface area contributed by atoms with Crippen molar-refractivity contribution in [1.82, 2.24) is 20.4 Å². The van der Waals surface area contributed by atoms with Crippen LogP contribution >= 0.6 is 0 Å². The number of guanidine groups is 1. The van der Waals surface area contributed by atoms with E-state index < -0.39 is 0 Å². The molecule has 1 unspecified atom stereocenters. The first-order chi connectivity index (χ1) is 14.7. The molecular weight excluding hydrogens is 372 g/mol. The fourth-order valence-electron chi connectivity index (χ4n) is 3.82. The lowest BCUT2D eigenvalue weighted by molar-refractivity contribution is 0.648. The second-order valence-corrected chi connectivity index (χ2v) is 7.78. The molecule has 1 atom stereocenters. The monoisotopic (exact) mass is 402 g/mol. The summed E-state index contributed by atoms with van der Waals surface area (Å²) in [7, 11) is 1.83. The first-order valence-corrected chi connectivity index (χ1v) is 10.6. The Balaban J connectivity index is 1.23. The molecule has 156 valence electrons. The second-order valence-electron chi connectivity index (χ2n) is 7.78. The van der Waals surface area contributed by atoms with Crippen LogP contribution in [-0.2, 0) is 6.42 Å². The van der Waals surface area contributed by atoms with E-state index in [1.807, 2.05) is 24.0 Å². The molecule has 0 amide bonds. The van der Waals surface area contributed by atoms with Crippen LogP contribution in [0.5, 0.6) is 0 Å². The lowest BCUT2D eigenvalue weighted by Crippen LogP contribution is -2.45. The highest BCUT2D eigenvalue weighted by Gasteiger charge is 2.23. The van der Waals surface area contributed by atoms with Gasteiger partial charge in [0.05, 0.1) is 5.69 Å². The van der Waals surface area contributed by atoms with Crippen molar-refractivity contribution in [2.24, 2.45) is 4.99 Å². The molecule has 2 aromatic carbocycles. The summed E-state index contributed by atoms with van der Waals surface area (Å²) in [5.41, 5.74) is 4.97. The number of aromatic nitrogens is 2. The summed E-state index contributed by atoms with van der Waals surface area (Å²) in [4.78, 5) is 6.84. The summed E-state index contributed by atoms with van der Waals surface area (Å²) >= 11 is 0. The van der Waals surface area contributed by atoms with E-state index in [-0.39, 0.29) is 0 Å². The molecule has 4 rings (SSSR count). The molecule has 0 bridgehead atoms. The van der Waals surface area contributed by atoms with Gasteiger partial charge in [-0.1, -0.05) is 29.8 Å². The standard InChI is InChI=1S/C24H30N6/c1-19-4-8-22(9-5-19)29-17-13-21(18-29)28-24(25-2)26-15-12-20-6-10-23(11-7-20)30-16-3-14-27-30/h3-11,14,16,21H,12-13,15,17-18H2,1-2H3,(H2,25,26,28). The van der Waals surface area contributed by atoms with Crippen molar-refractivity contribution in [1.29, 1.82) is 0 Å². The van der Waals surface area contributed by atoms with Crippen LogP contribution in [0.15, 0.2) is 72.0 Å².